The summed E-state index contributed by atoms with van der Waals surface area (Å²) in [6.07, 6.45) is 2.98. The topological polar surface area (TPSA) is 90.8 Å². The summed E-state index contributed by atoms with van der Waals surface area (Å²) in [5.41, 5.74) is 1.05. The number of nitro benzene ring substituents is 1. The third-order valence-corrected chi connectivity index (χ3v) is 6.93. The predicted octanol–water partition coefficient (Wildman–Crippen LogP) is 3.00. The first-order valence-corrected chi connectivity index (χ1v) is 11.1. The van der Waals surface area contributed by atoms with E-state index < -0.39 is 0 Å². The average Bonchev–Trinajstić information content (AvgIpc) is 3.41. The monoisotopic (exact) mass is 513 g/mol. The highest BCUT2D eigenvalue weighted by molar-refractivity contribution is 7.99. The molecule has 2 N–H and O–H groups in total. The van der Waals surface area contributed by atoms with Crippen molar-refractivity contribution in [2.75, 3.05) is 43.1 Å². The number of benzene rings is 1. The number of nitrogens with zero attached hydrogens (tertiary/aromatic N) is 3. The molecule has 0 aromatic heterocycles. The van der Waals surface area contributed by atoms with Crippen LogP contribution in [0, 0.1) is 10.1 Å². The SMILES string of the molecule is Cl.Cl.Cl.O=C([C@@H]1C[C@H](N2CCC(Nc3ccc([N+](=O)[O-])cc3)CC2)CN1)N1CCSC1. The van der Waals surface area contributed by atoms with E-state index in [1.165, 1.54) is 12.1 Å². The molecule has 1 aromatic rings. The standard InChI is InChI=1S/C19H27N5O3S.3ClH/c25-19(23-9-10-28-13-23)18-11-17(12-20-18)22-7-5-15(6-8-22)21-14-1-3-16(4-2-14)24(26)27;;;/h1-4,15,17-18,20-21H,5-13H2;3*1H/t17-,18-;;;/m0.../s1. The number of piperidine rings is 1. The number of nitro groups is 1. The van der Waals surface area contributed by atoms with Crippen LogP contribution in [0.15, 0.2) is 24.3 Å². The smallest absolute Gasteiger partial charge is 0.269 e. The zero-order chi connectivity index (χ0) is 19.5. The molecular formula is C19H30Cl3N5O3S. The van der Waals surface area contributed by atoms with Crippen LogP contribution in [0.1, 0.15) is 19.3 Å². The zero-order valence-electron chi connectivity index (χ0n) is 17.1. The third kappa shape index (κ3) is 7.00. The van der Waals surface area contributed by atoms with Gasteiger partial charge in [-0.25, -0.2) is 0 Å². The number of rotatable bonds is 5. The van der Waals surface area contributed by atoms with E-state index in [9.17, 15) is 14.9 Å². The maximum Gasteiger partial charge on any atom is 0.269 e. The third-order valence-electron chi connectivity index (χ3n) is 5.96. The van der Waals surface area contributed by atoms with Gasteiger partial charge in [-0.05, 0) is 31.4 Å². The molecule has 0 spiro atoms. The van der Waals surface area contributed by atoms with Crippen LogP contribution in [0.5, 0.6) is 0 Å². The molecule has 1 aromatic carbocycles. The zero-order valence-corrected chi connectivity index (χ0v) is 20.4. The maximum absolute atomic E-state index is 12.6. The van der Waals surface area contributed by atoms with Gasteiger partial charge in [-0.2, -0.15) is 0 Å². The molecule has 4 rings (SSSR count). The quantitative estimate of drug-likeness (QED) is 0.461. The Morgan fingerprint density at radius 1 is 1.13 bits per heavy atom. The van der Waals surface area contributed by atoms with Crippen LogP contribution in [0.25, 0.3) is 0 Å². The van der Waals surface area contributed by atoms with Crippen LogP contribution in [0.4, 0.5) is 11.4 Å². The van der Waals surface area contributed by atoms with Crippen molar-refractivity contribution in [1.82, 2.24) is 15.1 Å². The molecule has 0 unspecified atom stereocenters. The fourth-order valence-corrected chi connectivity index (χ4v) is 5.27. The Balaban J connectivity index is 0.00000160. The molecule has 1 amide bonds. The molecule has 3 fully saturated rings. The lowest BCUT2D eigenvalue weighted by Gasteiger charge is -2.36. The van der Waals surface area contributed by atoms with E-state index in [0.29, 0.717) is 12.1 Å². The Hall–Kier alpha value is -0.970. The number of likely N-dealkylation sites (tertiary alicyclic amines) is 1. The minimum Gasteiger partial charge on any atom is -0.382 e. The van der Waals surface area contributed by atoms with Gasteiger partial charge in [-0.15, -0.1) is 49.0 Å². The lowest BCUT2D eigenvalue weighted by atomic mass is 10.0. The number of nitrogens with one attached hydrogen (secondary N) is 2. The molecule has 3 aliphatic rings. The van der Waals surface area contributed by atoms with Crippen molar-refractivity contribution in [1.29, 1.82) is 0 Å². The number of hydrogen-bond donors (Lipinski definition) is 2. The van der Waals surface area contributed by atoms with Crippen molar-refractivity contribution < 1.29 is 9.72 Å². The summed E-state index contributed by atoms with van der Waals surface area (Å²) in [6, 6.07) is 7.42. The minimum absolute atomic E-state index is 0. The molecule has 3 heterocycles. The molecule has 0 saturated carbocycles. The predicted molar refractivity (Wildman–Crippen MR) is 132 cm³/mol. The second kappa shape index (κ2) is 12.9. The molecule has 8 nitrogen and oxygen atoms in total. The van der Waals surface area contributed by atoms with Crippen LogP contribution in [0.3, 0.4) is 0 Å². The summed E-state index contributed by atoms with van der Waals surface area (Å²) < 4.78 is 0. The number of carbonyl (C=O) groups excluding carboxylic acids is 1. The largest absolute Gasteiger partial charge is 0.382 e. The van der Waals surface area contributed by atoms with Gasteiger partial charge in [0.2, 0.25) is 5.91 Å². The van der Waals surface area contributed by atoms with E-state index in [-0.39, 0.29) is 59.8 Å². The van der Waals surface area contributed by atoms with E-state index in [1.807, 2.05) is 16.7 Å². The number of amides is 1. The number of hydrogen-bond acceptors (Lipinski definition) is 7. The fourth-order valence-electron chi connectivity index (χ4n) is 4.32. The molecule has 3 saturated heterocycles. The number of anilines is 1. The molecule has 31 heavy (non-hydrogen) atoms. The van der Waals surface area contributed by atoms with E-state index in [1.54, 1.807) is 12.1 Å². The van der Waals surface area contributed by atoms with Crippen LogP contribution in [0.2, 0.25) is 0 Å². The van der Waals surface area contributed by atoms with E-state index in [0.717, 1.165) is 62.8 Å². The number of carbonyl (C=O) groups is 1. The van der Waals surface area contributed by atoms with Gasteiger partial charge < -0.3 is 15.5 Å². The number of thioether (sulfide) groups is 1. The molecular weight excluding hydrogens is 485 g/mol. The Morgan fingerprint density at radius 2 is 1.81 bits per heavy atom. The highest BCUT2D eigenvalue weighted by atomic mass is 35.5. The van der Waals surface area contributed by atoms with Gasteiger partial charge in [0.15, 0.2) is 0 Å². The summed E-state index contributed by atoms with van der Waals surface area (Å²) in [7, 11) is 0. The molecule has 0 radical (unpaired) electrons. The number of halogens is 3. The van der Waals surface area contributed by atoms with Crippen molar-refractivity contribution in [2.45, 2.75) is 37.4 Å². The molecule has 0 aliphatic carbocycles. The van der Waals surface area contributed by atoms with Gasteiger partial charge in [0.25, 0.3) is 5.69 Å². The van der Waals surface area contributed by atoms with E-state index >= 15 is 0 Å². The summed E-state index contributed by atoms with van der Waals surface area (Å²) in [4.78, 5) is 27.4. The summed E-state index contributed by atoms with van der Waals surface area (Å²) in [6.45, 7) is 3.79. The number of non-ortho nitro benzene ring substituents is 1. The second-order valence-corrected chi connectivity index (χ2v) is 8.82. The summed E-state index contributed by atoms with van der Waals surface area (Å²) in [5, 5.41) is 17.7. The van der Waals surface area contributed by atoms with Gasteiger partial charge in [0.1, 0.15) is 0 Å². The van der Waals surface area contributed by atoms with Gasteiger partial charge in [-0.3, -0.25) is 19.8 Å². The Bertz CT molecular complexity index is 716. The molecule has 12 heteroatoms. The van der Waals surface area contributed by atoms with Gasteiger partial charge >= 0.3 is 0 Å². The van der Waals surface area contributed by atoms with Crippen molar-refractivity contribution in [3.05, 3.63) is 34.4 Å². The highest BCUT2D eigenvalue weighted by Crippen LogP contribution is 2.24. The van der Waals surface area contributed by atoms with Gasteiger partial charge in [-0.1, -0.05) is 0 Å². The first-order valence-electron chi connectivity index (χ1n) is 9.95. The highest BCUT2D eigenvalue weighted by Gasteiger charge is 2.36. The first-order chi connectivity index (χ1) is 13.6. The van der Waals surface area contributed by atoms with Crippen LogP contribution in [-0.2, 0) is 4.79 Å². The van der Waals surface area contributed by atoms with E-state index in [4.69, 9.17) is 0 Å². The minimum atomic E-state index is -0.377. The lowest BCUT2D eigenvalue weighted by Crippen LogP contribution is -2.45. The van der Waals surface area contributed by atoms with E-state index in [2.05, 4.69) is 15.5 Å². The van der Waals surface area contributed by atoms with Crippen LogP contribution < -0.4 is 10.6 Å². The van der Waals surface area contributed by atoms with Gasteiger partial charge in [0.05, 0.1) is 16.8 Å². The Labute approximate surface area is 205 Å². The summed E-state index contributed by atoms with van der Waals surface area (Å²) in [5.74, 6) is 2.15. The first kappa shape index (κ1) is 28.1. The molecule has 0 bridgehead atoms. The lowest BCUT2D eigenvalue weighted by molar-refractivity contribution is -0.384. The summed E-state index contributed by atoms with van der Waals surface area (Å²) >= 11 is 1.83. The van der Waals surface area contributed by atoms with Gasteiger partial charge in [0, 0.05) is 61.8 Å². The average molecular weight is 515 g/mol. The Morgan fingerprint density at radius 3 is 2.39 bits per heavy atom. The van der Waals surface area contributed by atoms with Crippen molar-refractivity contribution in [2.24, 2.45) is 0 Å². The second-order valence-electron chi connectivity index (χ2n) is 7.75. The Kier molecular flexibility index (Phi) is 11.7. The molecule has 3 aliphatic heterocycles. The van der Waals surface area contributed by atoms with Crippen molar-refractivity contribution in [3.8, 4) is 0 Å². The van der Waals surface area contributed by atoms with Crippen molar-refractivity contribution in [3.63, 3.8) is 0 Å². The molecule has 2 atom stereocenters. The van der Waals surface area contributed by atoms with Crippen molar-refractivity contribution >= 4 is 66.3 Å². The molecule has 176 valence electrons. The fraction of sp³-hybridized carbons (Fsp3) is 0.632. The normalized spacial score (nSPS) is 23.9. The van der Waals surface area contributed by atoms with Crippen LogP contribution >= 0.6 is 49.0 Å². The maximum atomic E-state index is 12.6. The van der Waals surface area contributed by atoms with Crippen LogP contribution in [-0.4, -0.2) is 76.6 Å².